The van der Waals surface area contributed by atoms with Crippen molar-refractivity contribution in [2.45, 2.75) is 4.90 Å². The molecule has 1 amide bonds. The predicted molar refractivity (Wildman–Crippen MR) is 173 cm³/mol. The minimum Gasteiger partial charge on any atom is -0.463 e. The third-order valence-corrected chi connectivity index (χ3v) is 9.96. The highest BCUT2D eigenvalue weighted by molar-refractivity contribution is 9.10. The summed E-state index contributed by atoms with van der Waals surface area (Å²) in [6.45, 7) is 0.700. The number of amides is 1. The number of hydrogen-bond donors (Lipinski definition) is 0. The molecule has 2 aromatic heterocycles. The van der Waals surface area contributed by atoms with E-state index in [4.69, 9.17) is 13.9 Å². The lowest BCUT2D eigenvalue weighted by atomic mass is 10.2. The van der Waals surface area contributed by atoms with Crippen LogP contribution in [0.3, 0.4) is 0 Å². The number of sulfonamides is 1. The van der Waals surface area contributed by atoms with Crippen LogP contribution in [0.4, 0.5) is 5.13 Å². The summed E-state index contributed by atoms with van der Waals surface area (Å²) in [6.07, 6.45) is 2.53. The summed E-state index contributed by atoms with van der Waals surface area (Å²) in [6, 6.07) is 17.9. The molecule has 44 heavy (non-hydrogen) atoms. The number of ether oxygens (including phenoxy) is 2. The van der Waals surface area contributed by atoms with Gasteiger partial charge < -0.3 is 13.9 Å². The van der Waals surface area contributed by atoms with E-state index in [1.807, 2.05) is 18.2 Å². The molecule has 0 atom stereocenters. The summed E-state index contributed by atoms with van der Waals surface area (Å²) in [7, 11) is -0.906. The van der Waals surface area contributed by atoms with Crippen LogP contribution in [0.1, 0.15) is 15.9 Å². The van der Waals surface area contributed by atoms with E-state index in [-0.39, 0.29) is 52.9 Å². The molecular weight excluding hydrogens is 672 g/mol. The van der Waals surface area contributed by atoms with Crippen LogP contribution in [0, 0.1) is 0 Å². The van der Waals surface area contributed by atoms with Crippen LogP contribution in [-0.2, 0) is 19.5 Å². The van der Waals surface area contributed by atoms with Gasteiger partial charge in [0.15, 0.2) is 0 Å². The summed E-state index contributed by atoms with van der Waals surface area (Å²) in [5, 5.41) is 6.09. The Hall–Kier alpha value is -3.79. The molecule has 11 nitrogen and oxygen atoms in total. The van der Waals surface area contributed by atoms with E-state index >= 15 is 0 Å². The normalized spacial score (nSPS) is 12.1. The van der Waals surface area contributed by atoms with Gasteiger partial charge in [-0.2, -0.15) is 14.4 Å². The van der Waals surface area contributed by atoms with Crippen molar-refractivity contribution in [3.05, 3.63) is 98.8 Å². The third-order valence-electron chi connectivity index (χ3n) is 6.56. The Kier molecular flexibility index (Phi) is 9.98. The molecule has 0 spiro atoms. The molecule has 0 fully saturated rings. The fraction of sp³-hybridized carbons (Fsp3) is 0.200. The van der Waals surface area contributed by atoms with Gasteiger partial charge in [-0.3, -0.25) is 9.59 Å². The van der Waals surface area contributed by atoms with Crippen LogP contribution in [-0.4, -0.2) is 70.4 Å². The number of halogens is 1. The first-order valence-corrected chi connectivity index (χ1v) is 16.3. The maximum absolute atomic E-state index is 13.9. The molecule has 0 saturated heterocycles. The molecule has 3 aromatic carbocycles. The van der Waals surface area contributed by atoms with Crippen molar-refractivity contribution in [2.75, 3.05) is 45.5 Å². The molecule has 0 unspecified atom stereocenters. The predicted octanol–water partition coefficient (Wildman–Crippen LogP) is 5.13. The number of benzene rings is 3. The van der Waals surface area contributed by atoms with Crippen LogP contribution in [0.5, 0.6) is 0 Å². The Morgan fingerprint density at radius 3 is 2.45 bits per heavy atom. The first kappa shape index (κ1) is 31.6. The Bertz CT molecular complexity index is 1980. The number of aromatic nitrogens is 1. The highest BCUT2D eigenvalue weighted by Crippen LogP contribution is 2.32. The van der Waals surface area contributed by atoms with Gasteiger partial charge in [-0.15, -0.1) is 0 Å². The molecule has 0 N–H and O–H groups in total. The molecule has 0 aliphatic carbocycles. The maximum atomic E-state index is 13.9. The van der Waals surface area contributed by atoms with Gasteiger partial charge in [-0.05, 0) is 54.6 Å². The highest BCUT2D eigenvalue weighted by atomic mass is 79.9. The molecule has 0 radical (unpaired) electrons. The molecule has 0 bridgehead atoms. The number of methoxy groups -OCH3 is 2. The van der Waals surface area contributed by atoms with E-state index < -0.39 is 15.9 Å². The van der Waals surface area contributed by atoms with E-state index in [9.17, 15) is 18.0 Å². The average molecular weight is 700 g/mol. The molecule has 5 aromatic rings. The van der Waals surface area contributed by atoms with Gasteiger partial charge in [0.1, 0.15) is 11.8 Å². The number of fused-ring (bicyclic) bond motifs is 2. The zero-order chi connectivity index (χ0) is 31.3. The van der Waals surface area contributed by atoms with Crippen molar-refractivity contribution in [1.29, 1.82) is 0 Å². The lowest BCUT2D eigenvalue weighted by Gasteiger charge is -2.21. The Balaban J connectivity index is 1.50. The Morgan fingerprint density at radius 2 is 1.75 bits per heavy atom. The van der Waals surface area contributed by atoms with Gasteiger partial charge in [0.2, 0.25) is 20.6 Å². The quantitative estimate of drug-likeness (QED) is 0.129. The second-order valence-electron chi connectivity index (χ2n) is 9.40. The van der Waals surface area contributed by atoms with E-state index in [1.54, 1.807) is 24.3 Å². The number of hydrazone groups is 1. The first-order valence-electron chi connectivity index (χ1n) is 13.3. The summed E-state index contributed by atoms with van der Waals surface area (Å²) in [5.41, 5.74) is 1.07. The number of para-hydroxylation sites is 1. The molecule has 2 heterocycles. The SMILES string of the molecule is COCCN(CCOC)S(=O)(=O)c1ccc(C(=O)N(/N=C/c2coc3ccccc3c2=O)c2nc3ccc(Br)cc3s2)cc1. The second kappa shape index (κ2) is 13.9. The zero-order valence-corrected chi connectivity index (χ0v) is 26.9. The van der Waals surface area contributed by atoms with Crippen molar-refractivity contribution < 1.29 is 27.1 Å². The van der Waals surface area contributed by atoms with Crippen LogP contribution in [0.15, 0.2) is 96.7 Å². The first-order chi connectivity index (χ1) is 21.2. The highest BCUT2D eigenvalue weighted by Gasteiger charge is 2.26. The van der Waals surface area contributed by atoms with E-state index in [2.05, 4.69) is 26.0 Å². The fourth-order valence-electron chi connectivity index (χ4n) is 4.25. The molecule has 0 aliphatic rings. The van der Waals surface area contributed by atoms with Gasteiger partial charge in [-0.1, -0.05) is 39.4 Å². The molecule has 0 aliphatic heterocycles. The third kappa shape index (κ3) is 6.80. The number of anilines is 1. The van der Waals surface area contributed by atoms with Crippen molar-refractivity contribution in [1.82, 2.24) is 9.29 Å². The lowest BCUT2D eigenvalue weighted by molar-refractivity contribution is 0.0987. The van der Waals surface area contributed by atoms with Crippen LogP contribution >= 0.6 is 27.3 Å². The molecule has 228 valence electrons. The number of thiazole rings is 1. The van der Waals surface area contributed by atoms with Crippen molar-refractivity contribution in [3.8, 4) is 0 Å². The number of carbonyl (C=O) groups is 1. The zero-order valence-electron chi connectivity index (χ0n) is 23.7. The summed E-state index contributed by atoms with van der Waals surface area (Å²) in [4.78, 5) is 31.5. The van der Waals surface area contributed by atoms with Crippen LogP contribution in [0.25, 0.3) is 21.2 Å². The van der Waals surface area contributed by atoms with Gasteiger partial charge in [0.05, 0.1) is 45.5 Å². The largest absolute Gasteiger partial charge is 0.463 e. The summed E-state index contributed by atoms with van der Waals surface area (Å²) < 4.78 is 45.3. The van der Waals surface area contributed by atoms with E-state index in [0.29, 0.717) is 16.5 Å². The average Bonchev–Trinajstić information content (AvgIpc) is 3.45. The fourth-order valence-corrected chi connectivity index (χ4v) is 7.13. The van der Waals surface area contributed by atoms with Gasteiger partial charge >= 0.3 is 0 Å². The number of nitrogens with zero attached hydrogens (tertiary/aromatic N) is 4. The lowest BCUT2D eigenvalue weighted by Crippen LogP contribution is -2.36. The van der Waals surface area contributed by atoms with Crippen molar-refractivity contribution >= 4 is 75.7 Å². The number of hydrogen-bond acceptors (Lipinski definition) is 10. The summed E-state index contributed by atoms with van der Waals surface area (Å²) in [5.74, 6) is -0.580. The van der Waals surface area contributed by atoms with Gasteiger partial charge in [0.25, 0.3) is 5.91 Å². The van der Waals surface area contributed by atoms with Gasteiger partial charge in [-0.25, -0.2) is 13.4 Å². The van der Waals surface area contributed by atoms with Gasteiger partial charge in [0, 0.05) is 37.3 Å². The van der Waals surface area contributed by atoms with Crippen molar-refractivity contribution in [3.63, 3.8) is 0 Å². The molecule has 0 saturated carbocycles. The topological polar surface area (TPSA) is 132 Å². The Labute approximate surface area is 265 Å². The van der Waals surface area contributed by atoms with E-state index in [1.165, 1.54) is 66.6 Å². The number of rotatable bonds is 12. The maximum Gasteiger partial charge on any atom is 0.280 e. The minimum atomic E-state index is -3.89. The van der Waals surface area contributed by atoms with Crippen LogP contribution < -0.4 is 10.4 Å². The van der Waals surface area contributed by atoms with E-state index in [0.717, 1.165) is 14.2 Å². The molecular formula is C30H27BrN4O7S2. The summed E-state index contributed by atoms with van der Waals surface area (Å²) >= 11 is 4.68. The standard InChI is InChI=1S/C30H27BrN4O7S2/c1-40-15-13-34(14-16-41-2)44(38,39)23-10-7-20(8-11-23)29(37)35(30-33-25-12-9-22(31)17-27(25)43-30)32-18-21-19-42-26-6-4-3-5-24(26)28(21)36/h3-12,17-19H,13-16H2,1-2H3/b32-18+. The molecule has 5 rings (SSSR count). The monoisotopic (exact) mass is 698 g/mol. The number of carbonyl (C=O) groups excluding carboxylic acids is 1. The Morgan fingerprint density at radius 1 is 1.05 bits per heavy atom. The second-order valence-corrected chi connectivity index (χ2v) is 13.3. The molecule has 14 heteroatoms. The van der Waals surface area contributed by atoms with Crippen molar-refractivity contribution in [2.24, 2.45) is 5.10 Å². The minimum absolute atomic E-state index is 0.00918. The van der Waals surface area contributed by atoms with Crippen LogP contribution in [0.2, 0.25) is 0 Å². The smallest absolute Gasteiger partial charge is 0.280 e.